The van der Waals surface area contributed by atoms with E-state index in [-0.39, 0.29) is 11.8 Å². The summed E-state index contributed by atoms with van der Waals surface area (Å²) in [5.41, 5.74) is 3.03. The first-order valence-corrected chi connectivity index (χ1v) is 9.50. The fourth-order valence-electron chi connectivity index (χ4n) is 3.08. The largest absolute Gasteiger partial charge is 0.481 e. The maximum atomic E-state index is 11.1. The number of carboxylic acids is 1. The van der Waals surface area contributed by atoms with Crippen LogP contribution in [0.25, 0.3) is 11.3 Å². The molecule has 0 unspecified atom stereocenters. The van der Waals surface area contributed by atoms with Crippen LogP contribution in [0.3, 0.4) is 0 Å². The number of benzene rings is 2. The Bertz CT molecular complexity index is 951. The molecule has 0 amide bonds. The summed E-state index contributed by atoms with van der Waals surface area (Å²) in [5, 5.41) is 10.9. The van der Waals surface area contributed by atoms with E-state index in [1.807, 2.05) is 66.5 Å². The maximum absolute atomic E-state index is 11.1. The molecule has 0 saturated heterocycles. The Kier molecular flexibility index (Phi) is 4.51. The van der Waals surface area contributed by atoms with Gasteiger partial charge in [-0.15, -0.1) is 0 Å². The van der Waals surface area contributed by atoms with Crippen LogP contribution < -0.4 is 0 Å². The molecular weight excluding hydrogens is 368 g/mol. The van der Waals surface area contributed by atoms with Crippen molar-refractivity contribution in [3.05, 3.63) is 65.4 Å². The molecule has 1 saturated carbocycles. The molecule has 1 heterocycles. The van der Waals surface area contributed by atoms with Crippen LogP contribution in [0.15, 0.2) is 64.8 Å². The van der Waals surface area contributed by atoms with Gasteiger partial charge in [0, 0.05) is 22.5 Å². The first-order valence-electron chi connectivity index (χ1n) is 8.31. The Morgan fingerprint density at radius 2 is 1.88 bits per heavy atom. The van der Waals surface area contributed by atoms with E-state index in [4.69, 9.17) is 16.7 Å². The number of nitrogens with zero attached hydrogens (tertiary/aromatic N) is 2. The molecule has 1 fully saturated rings. The second kappa shape index (κ2) is 6.82. The van der Waals surface area contributed by atoms with Crippen LogP contribution in [-0.4, -0.2) is 20.6 Å². The van der Waals surface area contributed by atoms with E-state index in [1.165, 1.54) is 0 Å². The summed E-state index contributed by atoms with van der Waals surface area (Å²) in [7, 11) is 1.98. The molecule has 26 heavy (non-hydrogen) atoms. The van der Waals surface area contributed by atoms with Gasteiger partial charge in [-0.05, 0) is 42.2 Å². The molecule has 0 radical (unpaired) electrons. The molecule has 1 aliphatic carbocycles. The summed E-state index contributed by atoms with van der Waals surface area (Å²) in [6.45, 7) is 0. The van der Waals surface area contributed by atoms with Crippen LogP contribution in [0.5, 0.6) is 0 Å². The highest BCUT2D eigenvalue weighted by Crippen LogP contribution is 2.48. The maximum Gasteiger partial charge on any atom is 0.307 e. The quantitative estimate of drug-likeness (QED) is 0.666. The number of halogens is 1. The van der Waals surface area contributed by atoms with Gasteiger partial charge in [0.25, 0.3) is 0 Å². The van der Waals surface area contributed by atoms with Crippen molar-refractivity contribution < 1.29 is 9.90 Å². The van der Waals surface area contributed by atoms with Gasteiger partial charge in [-0.2, -0.15) is 0 Å². The van der Waals surface area contributed by atoms with Crippen LogP contribution >= 0.6 is 23.4 Å². The molecule has 0 bridgehead atoms. The fourth-order valence-corrected chi connectivity index (χ4v) is 4.16. The van der Waals surface area contributed by atoms with Crippen LogP contribution in [0, 0.1) is 5.92 Å². The number of rotatable bonds is 5. The normalized spacial score (nSPS) is 18.7. The summed E-state index contributed by atoms with van der Waals surface area (Å²) >= 11 is 7.61. The third kappa shape index (κ3) is 3.37. The Hall–Kier alpha value is -2.24. The fraction of sp³-hybridized carbons (Fsp3) is 0.200. The highest BCUT2D eigenvalue weighted by molar-refractivity contribution is 7.99. The second-order valence-corrected chi connectivity index (χ2v) is 7.97. The van der Waals surface area contributed by atoms with Gasteiger partial charge >= 0.3 is 5.97 Å². The number of carbonyl (C=O) groups is 1. The predicted molar refractivity (Wildman–Crippen MR) is 103 cm³/mol. The van der Waals surface area contributed by atoms with E-state index in [2.05, 4.69) is 4.98 Å². The Balaban J connectivity index is 1.58. The Labute approximate surface area is 160 Å². The first kappa shape index (κ1) is 17.2. The smallest absolute Gasteiger partial charge is 0.307 e. The van der Waals surface area contributed by atoms with E-state index in [1.54, 1.807) is 11.8 Å². The van der Waals surface area contributed by atoms with Gasteiger partial charge in [-0.1, -0.05) is 47.6 Å². The number of hydrogen-bond donors (Lipinski definition) is 1. The SMILES string of the molecule is Cn1cnc(-c2ccc([C@H]3C[C@@H]3C(=O)O)cc2)c1Sc1ccc(Cl)cc1. The lowest BCUT2D eigenvalue weighted by atomic mass is 10.1. The van der Waals surface area contributed by atoms with Crippen LogP contribution in [0.4, 0.5) is 0 Å². The summed E-state index contributed by atoms with van der Waals surface area (Å²) in [4.78, 5) is 16.7. The summed E-state index contributed by atoms with van der Waals surface area (Å²) < 4.78 is 2.00. The molecule has 1 N–H and O–H groups in total. The van der Waals surface area contributed by atoms with Crippen LogP contribution in [0.1, 0.15) is 17.9 Å². The minimum Gasteiger partial charge on any atom is -0.481 e. The third-order valence-electron chi connectivity index (χ3n) is 4.63. The van der Waals surface area contributed by atoms with Crippen LogP contribution in [-0.2, 0) is 11.8 Å². The van der Waals surface area contributed by atoms with Crippen molar-refractivity contribution in [1.29, 1.82) is 0 Å². The zero-order valence-corrected chi connectivity index (χ0v) is 15.7. The number of aromatic nitrogens is 2. The lowest BCUT2D eigenvalue weighted by Crippen LogP contribution is -1.98. The first-order chi connectivity index (χ1) is 12.5. The van der Waals surface area contributed by atoms with Gasteiger partial charge < -0.3 is 9.67 Å². The number of aliphatic carboxylic acids is 1. The highest BCUT2D eigenvalue weighted by Gasteiger charge is 2.44. The number of aryl methyl sites for hydroxylation is 1. The minimum absolute atomic E-state index is 0.146. The topological polar surface area (TPSA) is 55.1 Å². The van der Waals surface area contributed by atoms with E-state index in [9.17, 15) is 4.79 Å². The molecule has 0 aliphatic heterocycles. The summed E-state index contributed by atoms with van der Waals surface area (Å²) in [5.74, 6) is -0.787. The Morgan fingerprint density at radius 1 is 1.19 bits per heavy atom. The average Bonchev–Trinajstić information content (AvgIpc) is 3.37. The van der Waals surface area contributed by atoms with Gasteiger partial charge in [0.2, 0.25) is 0 Å². The molecule has 132 valence electrons. The Morgan fingerprint density at radius 3 is 2.50 bits per heavy atom. The lowest BCUT2D eigenvalue weighted by molar-refractivity contribution is -0.138. The highest BCUT2D eigenvalue weighted by atomic mass is 35.5. The molecule has 0 spiro atoms. The number of imidazole rings is 1. The standard InChI is InChI=1S/C20H17ClN2O2S/c1-23-11-22-18(19(23)26-15-8-6-14(21)7-9-15)13-4-2-12(3-5-13)16-10-17(16)20(24)25/h2-9,11,16-17H,10H2,1H3,(H,24,25)/t16-,17+/m1/s1. The molecule has 4 nitrogen and oxygen atoms in total. The summed E-state index contributed by atoms with van der Waals surface area (Å²) in [6.07, 6.45) is 2.54. The molecule has 6 heteroatoms. The molecule has 2 atom stereocenters. The zero-order valence-electron chi connectivity index (χ0n) is 14.1. The molecule has 1 aliphatic rings. The molecule has 3 aromatic rings. The van der Waals surface area contributed by atoms with Gasteiger partial charge in [0.05, 0.1) is 12.2 Å². The van der Waals surface area contributed by atoms with Gasteiger partial charge in [0.1, 0.15) is 10.7 Å². The van der Waals surface area contributed by atoms with E-state index < -0.39 is 5.97 Å². The molecule has 1 aromatic heterocycles. The molecule has 2 aromatic carbocycles. The van der Waals surface area contributed by atoms with Crippen molar-refractivity contribution >= 4 is 29.3 Å². The van der Waals surface area contributed by atoms with Crippen molar-refractivity contribution in [3.8, 4) is 11.3 Å². The van der Waals surface area contributed by atoms with Crippen molar-refractivity contribution in [2.45, 2.75) is 22.3 Å². The summed E-state index contributed by atoms with van der Waals surface area (Å²) in [6, 6.07) is 15.8. The van der Waals surface area contributed by atoms with E-state index >= 15 is 0 Å². The molecule has 4 rings (SSSR count). The molecular formula is C20H17ClN2O2S. The van der Waals surface area contributed by atoms with Crippen molar-refractivity contribution in [2.75, 3.05) is 0 Å². The number of hydrogen-bond acceptors (Lipinski definition) is 3. The average molecular weight is 385 g/mol. The van der Waals surface area contributed by atoms with Gasteiger partial charge in [-0.3, -0.25) is 4.79 Å². The monoisotopic (exact) mass is 384 g/mol. The zero-order chi connectivity index (χ0) is 18.3. The third-order valence-corrected chi connectivity index (χ3v) is 6.07. The van der Waals surface area contributed by atoms with Gasteiger partial charge in [-0.25, -0.2) is 4.98 Å². The van der Waals surface area contributed by atoms with Gasteiger partial charge in [0.15, 0.2) is 0 Å². The van der Waals surface area contributed by atoms with E-state index in [0.717, 1.165) is 38.2 Å². The lowest BCUT2D eigenvalue weighted by Gasteiger charge is -2.07. The second-order valence-electron chi connectivity index (χ2n) is 6.47. The van der Waals surface area contributed by atoms with Crippen molar-refractivity contribution in [2.24, 2.45) is 13.0 Å². The van der Waals surface area contributed by atoms with E-state index in [0.29, 0.717) is 0 Å². The number of carboxylic acid groups (broad SMARTS) is 1. The van der Waals surface area contributed by atoms with Crippen molar-refractivity contribution in [1.82, 2.24) is 9.55 Å². The van der Waals surface area contributed by atoms with Crippen LogP contribution in [0.2, 0.25) is 5.02 Å². The predicted octanol–water partition coefficient (Wildman–Crippen LogP) is 5.08. The van der Waals surface area contributed by atoms with Crippen molar-refractivity contribution in [3.63, 3.8) is 0 Å². The minimum atomic E-state index is -0.703.